The van der Waals surface area contributed by atoms with Gasteiger partial charge in [0.15, 0.2) is 0 Å². The summed E-state index contributed by atoms with van der Waals surface area (Å²) in [6, 6.07) is 0.489. The lowest BCUT2D eigenvalue weighted by molar-refractivity contribution is 0.0604. The molecule has 2 N–H and O–H groups in total. The number of aromatic amines is 1. The monoisotopic (exact) mass is 251 g/mol. The number of hydrogen-bond donors (Lipinski definition) is 2. The van der Waals surface area contributed by atoms with E-state index in [9.17, 15) is 4.79 Å². The van der Waals surface area contributed by atoms with Crippen molar-refractivity contribution in [2.24, 2.45) is 0 Å². The first-order valence-corrected chi connectivity index (χ1v) is 6.45. The minimum Gasteiger partial charge on any atom is -0.330 e. The predicted octanol–water partition coefficient (Wildman–Crippen LogP) is 0.750. The van der Waals surface area contributed by atoms with Crippen LogP contribution in [0.15, 0.2) is 0 Å². The topological polar surface area (TPSA) is 73.9 Å². The molecule has 0 bridgehead atoms. The Bertz CT molecular complexity index is 428. The maximum absolute atomic E-state index is 12.3. The molecule has 1 amide bonds. The van der Waals surface area contributed by atoms with Crippen LogP contribution in [0.2, 0.25) is 0 Å². The molecule has 6 nitrogen and oxygen atoms in total. The van der Waals surface area contributed by atoms with Crippen LogP contribution in [0.5, 0.6) is 0 Å². The molecule has 2 heterocycles. The van der Waals surface area contributed by atoms with Crippen LogP contribution in [0, 0.1) is 0 Å². The van der Waals surface area contributed by atoms with Gasteiger partial charge in [0.2, 0.25) is 5.82 Å². The third kappa shape index (κ3) is 2.53. The molecule has 1 aromatic rings. The van der Waals surface area contributed by atoms with E-state index in [0.29, 0.717) is 12.6 Å². The summed E-state index contributed by atoms with van der Waals surface area (Å²) in [5, 5.41) is 10.2. The van der Waals surface area contributed by atoms with Gasteiger partial charge in [-0.1, -0.05) is 13.8 Å². The van der Waals surface area contributed by atoms with E-state index < -0.39 is 0 Å². The number of carbonyl (C=O) groups excluding carboxylic acids is 1. The first-order chi connectivity index (χ1) is 8.49. The zero-order valence-corrected chi connectivity index (χ0v) is 11.4. The van der Waals surface area contributed by atoms with Crippen molar-refractivity contribution in [3.05, 3.63) is 11.6 Å². The molecule has 0 aliphatic carbocycles. The third-order valence-electron chi connectivity index (χ3n) is 3.27. The highest BCUT2D eigenvalue weighted by Gasteiger charge is 2.29. The largest absolute Gasteiger partial charge is 0.330 e. The molecular formula is C12H21N5O. The Labute approximate surface area is 107 Å². The molecule has 0 aromatic carbocycles. The van der Waals surface area contributed by atoms with E-state index in [1.165, 1.54) is 0 Å². The zero-order valence-electron chi connectivity index (χ0n) is 11.4. The van der Waals surface area contributed by atoms with Crippen LogP contribution in [-0.2, 0) is 0 Å². The minimum absolute atomic E-state index is 0.0843. The van der Waals surface area contributed by atoms with Crippen LogP contribution in [-0.4, -0.2) is 51.2 Å². The summed E-state index contributed by atoms with van der Waals surface area (Å²) >= 11 is 0. The Hall–Kier alpha value is -1.43. The highest BCUT2D eigenvalue weighted by molar-refractivity contribution is 5.90. The van der Waals surface area contributed by atoms with E-state index in [-0.39, 0.29) is 23.7 Å². The lowest BCUT2D eigenvalue weighted by Gasteiger charge is -2.36. The van der Waals surface area contributed by atoms with Crippen LogP contribution < -0.4 is 5.32 Å². The average molecular weight is 251 g/mol. The number of piperazine rings is 1. The molecule has 1 fully saturated rings. The van der Waals surface area contributed by atoms with Gasteiger partial charge >= 0.3 is 0 Å². The number of H-pyrrole nitrogens is 1. The number of nitrogens with zero attached hydrogens (tertiary/aromatic N) is 3. The molecule has 1 saturated heterocycles. The van der Waals surface area contributed by atoms with Crippen molar-refractivity contribution < 1.29 is 4.79 Å². The lowest BCUT2D eigenvalue weighted by atomic mass is 10.1. The molecule has 2 rings (SSSR count). The van der Waals surface area contributed by atoms with Crippen LogP contribution in [0.1, 0.15) is 50.1 Å². The van der Waals surface area contributed by atoms with Gasteiger partial charge in [0.1, 0.15) is 5.82 Å². The maximum Gasteiger partial charge on any atom is 0.293 e. The average Bonchev–Trinajstić information content (AvgIpc) is 2.81. The van der Waals surface area contributed by atoms with Crippen LogP contribution in [0.4, 0.5) is 0 Å². The summed E-state index contributed by atoms with van der Waals surface area (Å²) in [5.41, 5.74) is 0. The smallest absolute Gasteiger partial charge is 0.293 e. The van der Waals surface area contributed by atoms with Gasteiger partial charge in [0.25, 0.3) is 5.91 Å². The Morgan fingerprint density at radius 1 is 1.44 bits per heavy atom. The van der Waals surface area contributed by atoms with Crippen LogP contribution in [0.3, 0.4) is 0 Å². The first-order valence-electron chi connectivity index (χ1n) is 6.45. The second kappa shape index (κ2) is 5.06. The number of rotatable bonds is 2. The quantitative estimate of drug-likeness (QED) is 0.813. The summed E-state index contributed by atoms with van der Waals surface area (Å²) in [7, 11) is 0. The van der Waals surface area contributed by atoms with Crippen molar-refractivity contribution in [2.75, 3.05) is 13.1 Å². The minimum atomic E-state index is -0.0843. The molecule has 0 spiro atoms. The van der Waals surface area contributed by atoms with Crippen molar-refractivity contribution in [1.82, 2.24) is 25.4 Å². The SMILES string of the molecule is CC1CN(C(=O)c2n[nH]c(C(C)C)n2)C(C)CN1. The third-order valence-corrected chi connectivity index (χ3v) is 3.27. The number of carbonyl (C=O) groups is 1. The summed E-state index contributed by atoms with van der Waals surface area (Å²) in [6.07, 6.45) is 0. The Morgan fingerprint density at radius 2 is 2.17 bits per heavy atom. The molecule has 18 heavy (non-hydrogen) atoms. The number of hydrogen-bond acceptors (Lipinski definition) is 4. The maximum atomic E-state index is 12.3. The molecule has 100 valence electrons. The highest BCUT2D eigenvalue weighted by atomic mass is 16.2. The van der Waals surface area contributed by atoms with Gasteiger partial charge in [0, 0.05) is 31.1 Å². The van der Waals surface area contributed by atoms with E-state index >= 15 is 0 Å². The standard InChI is InChI=1S/C12H21N5O/c1-7(2)10-14-11(16-15-10)12(18)17-6-8(3)13-5-9(17)4/h7-9,13H,5-6H2,1-4H3,(H,14,15,16). The summed E-state index contributed by atoms with van der Waals surface area (Å²) in [4.78, 5) is 18.5. The normalized spacial score (nSPS) is 24.6. The predicted molar refractivity (Wildman–Crippen MR) is 68.4 cm³/mol. The summed E-state index contributed by atoms with van der Waals surface area (Å²) < 4.78 is 0. The van der Waals surface area contributed by atoms with Crippen molar-refractivity contribution in [2.45, 2.75) is 45.7 Å². The van der Waals surface area contributed by atoms with Gasteiger partial charge in [-0.2, -0.15) is 0 Å². The van der Waals surface area contributed by atoms with Crippen molar-refractivity contribution >= 4 is 5.91 Å². The van der Waals surface area contributed by atoms with E-state index in [4.69, 9.17) is 0 Å². The van der Waals surface area contributed by atoms with Gasteiger partial charge in [-0.05, 0) is 13.8 Å². The van der Waals surface area contributed by atoms with E-state index in [1.807, 2.05) is 25.7 Å². The zero-order chi connectivity index (χ0) is 13.3. The lowest BCUT2D eigenvalue weighted by Crippen LogP contribution is -2.56. The summed E-state index contributed by atoms with van der Waals surface area (Å²) in [6.45, 7) is 9.66. The van der Waals surface area contributed by atoms with E-state index in [2.05, 4.69) is 27.4 Å². The highest BCUT2D eigenvalue weighted by Crippen LogP contribution is 2.12. The van der Waals surface area contributed by atoms with Crippen molar-refractivity contribution in [3.8, 4) is 0 Å². The summed E-state index contributed by atoms with van der Waals surface area (Å²) in [5.74, 6) is 1.20. The first kappa shape index (κ1) is 13.0. The Balaban J connectivity index is 2.14. The number of aromatic nitrogens is 3. The second-order valence-corrected chi connectivity index (χ2v) is 5.31. The molecule has 2 unspecified atom stereocenters. The molecule has 1 aliphatic heterocycles. The van der Waals surface area contributed by atoms with Gasteiger partial charge < -0.3 is 10.2 Å². The molecule has 0 radical (unpaired) electrons. The van der Waals surface area contributed by atoms with Gasteiger partial charge in [-0.3, -0.25) is 9.89 Å². The molecule has 2 atom stereocenters. The Kier molecular flexibility index (Phi) is 3.65. The van der Waals surface area contributed by atoms with Crippen molar-refractivity contribution in [3.63, 3.8) is 0 Å². The number of amides is 1. The fraction of sp³-hybridized carbons (Fsp3) is 0.750. The molecule has 6 heteroatoms. The van der Waals surface area contributed by atoms with Crippen LogP contribution >= 0.6 is 0 Å². The van der Waals surface area contributed by atoms with Gasteiger partial charge in [-0.15, -0.1) is 5.10 Å². The van der Waals surface area contributed by atoms with Gasteiger partial charge in [-0.25, -0.2) is 4.98 Å². The van der Waals surface area contributed by atoms with Crippen molar-refractivity contribution in [1.29, 1.82) is 0 Å². The molecule has 0 saturated carbocycles. The van der Waals surface area contributed by atoms with Gasteiger partial charge in [0.05, 0.1) is 0 Å². The van der Waals surface area contributed by atoms with E-state index in [1.54, 1.807) is 0 Å². The van der Waals surface area contributed by atoms with Crippen LogP contribution in [0.25, 0.3) is 0 Å². The van der Waals surface area contributed by atoms with E-state index in [0.717, 1.165) is 12.4 Å². The number of nitrogens with one attached hydrogen (secondary N) is 2. The molecule has 1 aromatic heterocycles. The fourth-order valence-corrected chi connectivity index (χ4v) is 2.06. The second-order valence-electron chi connectivity index (χ2n) is 5.31. The molecule has 1 aliphatic rings. The fourth-order valence-electron chi connectivity index (χ4n) is 2.06. The Morgan fingerprint density at radius 3 is 2.78 bits per heavy atom. The molecular weight excluding hydrogens is 230 g/mol.